The lowest BCUT2D eigenvalue weighted by atomic mass is 9.99. The number of ether oxygens (including phenoxy) is 3. The Hall–Kier alpha value is -5.76. The van der Waals surface area contributed by atoms with Crippen molar-refractivity contribution in [3.63, 3.8) is 0 Å². The Morgan fingerprint density at radius 2 is 1.75 bits per heavy atom. The second kappa shape index (κ2) is 15.4. The number of aryl methyl sites for hydroxylation is 2. The third kappa shape index (κ3) is 8.01. The number of methoxy groups -OCH3 is 2. The molecular weight excluding hydrogens is 654 g/mol. The van der Waals surface area contributed by atoms with Gasteiger partial charge in [0, 0.05) is 68.0 Å². The number of imidazole rings is 1. The Balaban J connectivity index is 1.00. The summed E-state index contributed by atoms with van der Waals surface area (Å²) < 4.78 is 19.6. The highest BCUT2D eigenvalue weighted by Crippen LogP contribution is 2.37. The third-order valence-corrected chi connectivity index (χ3v) is 9.01. The maximum absolute atomic E-state index is 13.1. The molecule has 0 unspecified atom stereocenters. The van der Waals surface area contributed by atoms with Gasteiger partial charge >= 0.3 is 5.97 Å². The van der Waals surface area contributed by atoms with Crippen molar-refractivity contribution in [1.29, 1.82) is 0 Å². The molecule has 2 aliphatic rings. The molecule has 2 aromatic carbocycles. The van der Waals surface area contributed by atoms with Crippen LogP contribution < -0.4 is 20.1 Å². The summed E-state index contributed by atoms with van der Waals surface area (Å²) in [4.78, 5) is 62.0. The molecule has 2 N–H and O–H groups in total. The number of nitrogens with one attached hydrogen (secondary N) is 2. The molecule has 0 bridgehead atoms. The van der Waals surface area contributed by atoms with Gasteiger partial charge in [-0.1, -0.05) is 18.6 Å². The molecule has 1 fully saturated rings. The predicted molar refractivity (Wildman–Crippen MR) is 191 cm³/mol. The number of piperidine rings is 1. The summed E-state index contributed by atoms with van der Waals surface area (Å²) in [7, 11) is 6.29. The van der Waals surface area contributed by atoms with Crippen LogP contribution in [0.2, 0.25) is 0 Å². The van der Waals surface area contributed by atoms with Gasteiger partial charge in [0.2, 0.25) is 11.7 Å². The summed E-state index contributed by atoms with van der Waals surface area (Å²) in [5, 5.41) is 5.57. The number of anilines is 2. The quantitative estimate of drug-likeness (QED) is 0.162. The van der Waals surface area contributed by atoms with E-state index in [-0.39, 0.29) is 42.4 Å². The summed E-state index contributed by atoms with van der Waals surface area (Å²) in [6.07, 6.45) is 9.03. The summed E-state index contributed by atoms with van der Waals surface area (Å²) in [5.74, 6) is 0.0895. The van der Waals surface area contributed by atoms with Crippen molar-refractivity contribution in [1.82, 2.24) is 19.0 Å². The second-order valence-corrected chi connectivity index (χ2v) is 12.6. The Kier molecular flexibility index (Phi) is 10.6. The Labute approximate surface area is 295 Å². The molecule has 14 heteroatoms. The number of benzene rings is 2. The number of fused-ring (bicyclic) bond motifs is 2. The fourth-order valence-electron chi connectivity index (χ4n) is 6.29. The van der Waals surface area contributed by atoms with Crippen LogP contribution in [-0.2, 0) is 23.6 Å². The highest BCUT2D eigenvalue weighted by Gasteiger charge is 2.27. The molecule has 2 amide bonds. The molecule has 4 heterocycles. The molecule has 14 nitrogen and oxygen atoms in total. The minimum absolute atomic E-state index is 0.000636. The Morgan fingerprint density at radius 3 is 2.51 bits per heavy atom. The first-order valence-electron chi connectivity index (χ1n) is 16.8. The lowest BCUT2D eigenvalue weighted by Gasteiger charge is -2.33. The number of amides is 2. The molecule has 1 saturated heterocycles. The van der Waals surface area contributed by atoms with Crippen molar-refractivity contribution in [2.75, 3.05) is 44.5 Å². The van der Waals surface area contributed by atoms with Crippen molar-refractivity contribution in [3.05, 3.63) is 71.9 Å². The summed E-state index contributed by atoms with van der Waals surface area (Å²) in [6, 6.07) is 12.5. The standard InChI is InChI=1S/C37H41N7O7/c1-42-20-24(16-29(42)37(48)50-4)23-10-12-25(13-11-23)39-36(47)35-41-33(22-43(35)2)40-34(46)9-7-15-51-32-18-28-27(17-31(32)49-3)30(45)21-44-14-6-5-8-26(44)19-38-28/h10-13,16-20,22,26H,5-9,14-15,21H2,1-4H3,(H,39,47)(H,40,46)/t26-/m0/s1. The van der Waals surface area contributed by atoms with E-state index in [9.17, 15) is 19.2 Å². The minimum atomic E-state index is -0.445. The molecule has 0 radical (unpaired) electrons. The topological polar surface area (TPSA) is 158 Å². The Bertz CT molecular complexity index is 1980. The van der Waals surface area contributed by atoms with Crippen LogP contribution in [0.5, 0.6) is 11.5 Å². The van der Waals surface area contributed by atoms with Crippen LogP contribution in [0.25, 0.3) is 11.1 Å². The first-order valence-corrected chi connectivity index (χ1v) is 16.8. The number of aliphatic imine (C=N–C) groups is 1. The molecule has 2 aromatic heterocycles. The van der Waals surface area contributed by atoms with Gasteiger partial charge in [-0.25, -0.2) is 9.78 Å². The Morgan fingerprint density at radius 1 is 0.941 bits per heavy atom. The maximum Gasteiger partial charge on any atom is 0.354 e. The summed E-state index contributed by atoms with van der Waals surface area (Å²) in [5.41, 5.74) is 3.72. The molecule has 2 aliphatic heterocycles. The van der Waals surface area contributed by atoms with Gasteiger partial charge in [-0.05, 0) is 55.6 Å². The molecule has 266 valence electrons. The average Bonchev–Trinajstić information content (AvgIpc) is 3.70. The van der Waals surface area contributed by atoms with Gasteiger partial charge in [0.05, 0.1) is 33.1 Å². The van der Waals surface area contributed by atoms with E-state index in [1.807, 2.05) is 24.5 Å². The second-order valence-electron chi connectivity index (χ2n) is 12.6. The van der Waals surface area contributed by atoms with Gasteiger partial charge in [-0.15, -0.1) is 0 Å². The normalized spacial score (nSPS) is 15.6. The monoisotopic (exact) mass is 695 g/mol. The third-order valence-electron chi connectivity index (χ3n) is 9.01. The number of carbonyl (C=O) groups excluding carboxylic acids is 4. The zero-order chi connectivity index (χ0) is 36.1. The SMILES string of the molecule is COC(=O)c1cc(-c2ccc(NC(=O)c3nc(NC(=O)CCCOc4cc5c(cc4OC)C(=O)CN4CCCC[C@H]4C=N5)cn3C)cc2)cn1C. The number of hydrogen-bond donors (Lipinski definition) is 2. The fraction of sp³-hybridized carbons (Fsp3) is 0.351. The van der Waals surface area contributed by atoms with E-state index < -0.39 is 11.9 Å². The highest BCUT2D eigenvalue weighted by molar-refractivity contribution is 6.04. The van der Waals surface area contributed by atoms with Crippen LogP contribution in [0.4, 0.5) is 17.2 Å². The lowest BCUT2D eigenvalue weighted by molar-refractivity contribution is -0.116. The number of hydrogen-bond acceptors (Lipinski definition) is 10. The van der Waals surface area contributed by atoms with Crippen molar-refractivity contribution >= 4 is 47.0 Å². The average molecular weight is 696 g/mol. The number of carbonyl (C=O) groups is 4. The molecule has 4 aromatic rings. The van der Waals surface area contributed by atoms with Gasteiger partial charge in [0.1, 0.15) is 5.69 Å². The van der Waals surface area contributed by atoms with Gasteiger partial charge in [0.15, 0.2) is 23.1 Å². The number of Topliss-reactive ketones (excluding diaryl/α,β-unsaturated/α-hetero) is 1. The van der Waals surface area contributed by atoms with Crippen LogP contribution in [0.1, 0.15) is 63.6 Å². The van der Waals surface area contributed by atoms with Crippen LogP contribution in [0.3, 0.4) is 0 Å². The largest absolute Gasteiger partial charge is 0.493 e. The number of rotatable bonds is 11. The molecule has 6 rings (SSSR count). The van der Waals surface area contributed by atoms with Crippen molar-refractivity contribution < 1.29 is 33.4 Å². The molecular formula is C37H41N7O7. The zero-order valence-electron chi connectivity index (χ0n) is 29.1. The van der Waals surface area contributed by atoms with Gasteiger partial charge < -0.3 is 34.0 Å². The van der Waals surface area contributed by atoms with E-state index in [1.54, 1.807) is 55.2 Å². The highest BCUT2D eigenvalue weighted by atomic mass is 16.5. The van der Waals surface area contributed by atoms with E-state index in [0.717, 1.165) is 36.9 Å². The molecule has 0 aliphatic carbocycles. The van der Waals surface area contributed by atoms with Crippen LogP contribution in [-0.4, -0.2) is 88.8 Å². The van der Waals surface area contributed by atoms with E-state index in [2.05, 4.69) is 25.5 Å². The van der Waals surface area contributed by atoms with E-state index in [0.29, 0.717) is 47.1 Å². The number of esters is 1. The van der Waals surface area contributed by atoms with Crippen molar-refractivity contribution in [3.8, 4) is 22.6 Å². The molecule has 1 atom stereocenters. The van der Waals surface area contributed by atoms with Crippen LogP contribution >= 0.6 is 0 Å². The molecule has 0 saturated carbocycles. The summed E-state index contributed by atoms with van der Waals surface area (Å²) in [6.45, 7) is 1.45. The van der Waals surface area contributed by atoms with E-state index in [4.69, 9.17) is 14.2 Å². The molecule has 0 spiro atoms. The smallest absolute Gasteiger partial charge is 0.354 e. The lowest BCUT2D eigenvalue weighted by Crippen LogP contribution is -2.44. The number of aromatic nitrogens is 3. The van der Waals surface area contributed by atoms with Gasteiger partial charge in [-0.2, -0.15) is 0 Å². The zero-order valence-corrected chi connectivity index (χ0v) is 29.1. The van der Waals surface area contributed by atoms with Crippen molar-refractivity contribution in [2.45, 2.75) is 38.1 Å². The maximum atomic E-state index is 13.1. The number of ketones is 1. The van der Waals surface area contributed by atoms with E-state index in [1.165, 1.54) is 18.8 Å². The van der Waals surface area contributed by atoms with Gasteiger partial charge in [-0.3, -0.25) is 24.3 Å². The number of nitrogens with zero attached hydrogens (tertiary/aromatic N) is 5. The predicted octanol–water partition coefficient (Wildman–Crippen LogP) is 5.02. The van der Waals surface area contributed by atoms with Gasteiger partial charge in [0.25, 0.3) is 5.91 Å². The summed E-state index contributed by atoms with van der Waals surface area (Å²) >= 11 is 0. The van der Waals surface area contributed by atoms with E-state index >= 15 is 0 Å². The van der Waals surface area contributed by atoms with Crippen molar-refractivity contribution in [2.24, 2.45) is 19.1 Å². The fourth-order valence-corrected chi connectivity index (χ4v) is 6.29. The first-order chi connectivity index (χ1) is 24.6. The van der Waals surface area contributed by atoms with Crippen LogP contribution in [0.15, 0.2) is 59.9 Å². The first kappa shape index (κ1) is 35.1. The minimum Gasteiger partial charge on any atom is -0.493 e. The van der Waals surface area contributed by atoms with Crippen LogP contribution in [0, 0.1) is 0 Å². The molecule has 51 heavy (non-hydrogen) atoms.